The number of benzene rings is 1. The highest BCUT2D eigenvalue weighted by Gasteiger charge is 2.18. The Morgan fingerprint density at radius 1 is 1.20 bits per heavy atom. The number of hydrogen-bond acceptors (Lipinski definition) is 8. The zero-order valence-corrected chi connectivity index (χ0v) is 15.1. The maximum atomic E-state index is 12.2. The minimum atomic E-state index is -0.483. The molecule has 0 amide bonds. The van der Waals surface area contributed by atoms with Crippen LogP contribution in [0.15, 0.2) is 28.7 Å². The van der Waals surface area contributed by atoms with Crippen molar-refractivity contribution < 1.29 is 18.7 Å². The molecule has 0 saturated heterocycles. The highest BCUT2D eigenvalue weighted by atomic mass is 35.5. The highest BCUT2D eigenvalue weighted by molar-refractivity contribution is 7.13. The summed E-state index contributed by atoms with van der Waals surface area (Å²) in [7, 11) is 0. The van der Waals surface area contributed by atoms with Gasteiger partial charge in [0.2, 0.25) is 5.89 Å². The number of carbonyl (C=O) groups is 1. The molecule has 0 fully saturated rings. The van der Waals surface area contributed by atoms with Crippen LogP contribution < -0.4 is 4.74 Å². The van der Waals surface area contributed by atoms with Crippen molar-refractivity contribution in [1.82, 2.24) is 15.2 Å². The van der Waals surface area contributed by atoms with Crippen molar-refractivity contribution in [3.05, 3.63) is 56.6 Å². The van der Waals surface area contributed by atoms with Gasteiger partial charge >= 0.3 is 5.97 Å². The highest BCUT2D eigenvalue weighted by Crippen LogP contribution is 2.22. The van der Waals surface area contributed by atoms with Gasteiger partial charge in [0.1, 0.15) is 22.2 Å². The minimum Gasteiger partial charge on any atom is -0.486 e. The van der Waals surface area contributed by atoms with Crippen molar-refractivity contribution in [2.75, 3.05) is 0 Å². The second kappa shape index (κ2) is 7.62. The number of esters is 1. The molecule has 25 heavy (non-hydrogen) atoms. The van der Waals surface area contributed by atoms with E-state index in [1.165, 1.54) is 11.3 Å². The van der Waals surface area contributed by atoms with Crippen LogP contribution in [0.3, 0.4) is 0 Å². The van der Waals surface area contributed by atoms with Gasteiger partial charge in [-0.2, -0.15) is 0 Å². The van der Waals surface area contributed by atoms with Crippen molar-refractivity contribution in [3.8, 4) is 5.75 Å². The van der Waals surface area contributed by atoms with Crippen molar-refractivity contribution >= 4 is 28.9 Å². The molecular weight excluding hydrogens is 366 g/mol. The summed E-state index contributed by atoms with van der Waals surface area (Å²) in [4.78, 5) is 16.9. The maximum Gasteiger partial charge on any atom is 0.350 e. The second-order valence-corrected chi connectivity index (χ2v) is 6.58. The number of nitrogens with zero attached hydrogens (tertiary/aromatic N) is 3. The third-order valence-electron chi connectivity index (χ3n) is 3.10. The van der Waals surface area contributed by atoms with Gasteiger partial charge in [-0.15, -0.1) is 21.5 Å². The molecule has 3 aromatic rings. The molecule has 2 aromatic heterocycles. The lowest BCUT2D eigenvalue weighted by Crippen LogP contribution is -2.05. The summed E-state index contributed by atoms with van der Waals surface area (Å²) in [6, 6.07) is 7.02. The van der Waals surface area contributed by atoms with Crippen LogP contribution in [-0.2, 0) is 18.0 Å². The van der Waals surface area contributed by atoms with Crippen molar-refractivity contribution in [2.24, 2.45) is 0 Å². The van der Waals surface area contributed by atoms with Crippen molar-refractivity contribution in [3.63, 3.8) is 0 Å². The summed E-state index contributed by atoms with van der Waals surface area (Å²) >= 11 is 7.06. The number of halogens is 1. The third kappa shape index (κ3) is 4.55. The lowest BCUT2D eigenvalue weighted by molar-refractivity contribution is 0.0441. The van der Waals surface area contributed by atoms with E-state index in [1.54, 1.807) is 38.1 Å². The van der Waals surface area contributed by atoms with Crippen LogP contribution in [0.25, 0.3) is 0 Å². The van der Waals surface area contributed by atoms with E-state index in [0.29, 0.717) is 32.2 Å². The minimum absolute atomic E-state index is 0.0758. The topological polar surface area (TPSA) is 87.3 Å². The average Bonchev–Trinajstić information content (AvgIpc) is 3.18. The monoisotopic (exact) mass is 379 g/mol. The van der Waals surface area contributed by atoms with E-state index < -0.39 is 5.97 Å². The summed E-state index contributed by atoms with van der Waals surface area (Å²) in [6.07, 6.45) is 0. The van der Waals surface area contributed by atoms with Crippen LogP contribution >= 0.6 is 22.9 Å². The molecule has 0 bridgehead atoms. The zero-order valence-electron chi connectivity index (χ0n) is 13.5. The first kappa shape index (κ1) is 17.4. The molecule has 0 saturated carbocycles. The second-order valence-electron chi connectivity index (χ2n) is 5.06. The molecule has 0 aliphatic heterocycles. The van der Waals surface area contributed by atoms with Crippen LogP contribution in [0.2, 0.25) is 5.02 Å². The smallest absolute Gasteiger partial charge is 0.350 e. The normalized spacial score (nSPS) is 10.7. The number of rotatable bonds is 6. The molecule has 130 valence electrons. The Balaban J connectivity index is 1.59. The van der Waals surface area contributed by atoms with E-state index in [2.05, 4.69) is 15.2 Å². The van der Waals surface area contributed by atoms with Gasteiger partial charge in [-0.3, -0.25) is 0 Å². The Hall–Kier alpha value is -2.45. The van der Waals surface area contributed by atoms with E-state index in [0.717, 1.165) is 0 Å². The SMILES string of the molecule is Cc1nnc(COC(=O)c2sc(COc3ccc(Cl)cc3)nc2C)o1. The summed E-state index contributed by atoms with van der Waals surface area (Å²) in [6.45, 7) is 3.59. The molecule has 2 heterocycles. The number of aromatic nitrogens is 3. The van der Waals surface area contributed by atoms with Gasteiger partial charge in [-0.1, -0.05) is 11.6 Å². The average molecular weight is 380 g/mol. The number of carbonyl (C=O) groups excluding carboxylic acids is 1. The predicted molar refractivity (Wildman–Crippen MR) is 90.8 cm³/mol. The first-order valence-electron chi connectivity index (χ1n) is 7.32. The summed E-state index contributed by atoms with van der Waals surface area (Å²) in [5.74, 6) is 0.859. The van der Waals surface area contributed by atoms with Gasteiger partial charge in [0.05, 0.1) is 5.69 Å². The standard InChI is InChI=1S/C16H14ClN3O4S/c1-9-15(16(21)23-7-13-20-19-10(2)24-13)25-14(18-9)8-22-12-5-3-11(17)4-6-12/h3-6H,7-8H2,1-2H3. The van der Waals surface area contributed by atoms with Crippen molar-refractivity contribution in [2.45, 2.75) is 27.1 Å². The first-order valence-corrected chi connectivity index (χ1v) is 8.51. The molecule has 7 nitrogen and oxygen atoms in total. The molecule has 3 rings (SSSR count). The third-order valence-corrected chi connectivity index (χ3v) is 4.46. The molecule has 0 N–H and O–H groups in total. The Bertz CT molecular complexity index is 876. The number of thiazole rings is 1. The first-order chi connectivity index (χ1) is 12.0. The Labute approximate surface area is 152 Å². The summed E-state index contributed by atoms with van der Waals surface area (Å²) in [5, 5.41) is 8.76. The van der Waals surface area contributed by atoms with Crippen LogP contribution in [0, 0.1) is 13.8 Å². The lowest BCUT2D eigenvalue weighted by Gasteiger charge is -2.03. The van der Waals surface area contributed by atoms with E-state index in [9.17, 15) is 4.79 Å². The van der Waals surface area contributed by atoms with Gasteiger partial charge in [-0.25, -0.2) is 9.78 Å². The van der Waals surface area contributed by atoms with Gasteiger partial charge in [0, 0.05) is 11.9 Å². The fourth-order valence-electron chi connectivity index (χ4n) is 1.97. The quantitative estimate of drug-likeness (QED) is 0.603. The largest absolute Gasteiger partial charge is 0.486 e. The van der Waals surface area contributed by atoms with Crippen LogP contribution in [-0.4, -0.2) is 21.2 Å². The molecule has 0 aliphatic carbocycles. The lowest BCUT2D eigenvalue weighted by atomic mass is 10.3. The van der Waals surface area contributed by atoms with Crippen molar-refractivity contribution in [1.29, 1.82) is 0 Å². The number of ether oxygens (including phenoxy) is 2. The summed E-state index contributed by atoms with van der Waals surface area (Å²) in [5.41, 5.74) is 0.589. The number of hydrogen-bond donors (Lipinski definition) is 0. The molecule has 0 radical (unpaired) electrons. The molecule has 0 unspecified atom stereocenters. The summed E-state index contributed by atoms with van der Waals surface area (Å²) < 4.78 is 16.0. The molecule has 0 aliphatic rings. The van der Waals surface area contributed by atoms with E-state index in [-0.39, 0.29) is 19.1 Å². The Morgan fingerprint density at radius 2 is 1.96 bits per heavy atom. The fraction of sp³-hybridized carbons (Fsp3) is 0.250. The van der Waals surface area contributed by atoms with Gasteiger partial charge in [-0.05, 0) is 31.2 Å². The van der Waals surface area contributed by atoms with Gasteiger partial charge in [0.15, 0.2) is 6.61 Å². The molecule has 0 spiro atoms. The van der Waals surface area contributed by atoms with Crippen LogP contribution in [0.1, 0.15) is 32.2 Å². The molecule has 0 atom stereocenters. The fourth-order valence-corrected chi connectivity index (χ4v) is 2.97. The molecular formula is C16H14ClN3O4S. The van der Waals surface area contributed by atoms with Crippen LogP contribution in [0.4, 0.5) is 0 Å². The van der Waals surface area contributed by atoms with Gasteiger partial charge in [0.25, 0.3) is 5.89 Å². The van der Waals surface area contributed by atoms with E-state index in [4.69, 9.17) is 25.5 Å². The Morgan fingerprint density at radius 3 is 2.64 bits per heavy atom. The zero-order chi connectivity index (χ0) is 17.8. The Kier molecular flexibility index (Phi) is 5.30. The molecule has 1 aromatic carbocycles. The predicted octanol–water partition coefficient (Wildman–Crippen LogP) is 3.73. The van der Waals surface area contributed by atoms with Crippen LogP contribution in [0.5, 0.6) is 5.75 Å². The number of aryl methyl sites for hydroxylation is 2. The van der Waals surface area contributed by atoms with E-state index in [1.807, 2.05) is 0 Å². The van der Waals surface area contributed by atoms with Gasteiger partial charge < -0.3 is 13.9 Å². The van der Waals surface area contributed by atoms with E-state index >= 15 is 0 Å². The maximum absolute atomic E-state index is 12.2. The molecule has 9 heteroatoms.